The molecule has 2 bridgehead atoms. The number of alkyl halides is 3. The van der Waals surface area contributed by atoms with Gasteiger partial charge in [-0.2, -0.15) is 18.3 Å². The number of aromatic nitrogens is 4. The number of halogens is 3. The lowest BCUT2D eigenvalue weighted by Crippen LogP contribution is -2.39. The van der Waals surface area contributed by atoms with Gasteiger partial charge in [-0.05, 0) is 56.4 Å². The quantitative estimate of drug-likeness (QED) is 0.252. The van der Waals surface area contributed by atoms with Crippen molar-refractivity contribution in [1.82, 2.24) is 25.1 Å². The highest BCUT2D eigenvalue weighted by Crippen LogP contribution is 2.40. The third-order valence-corrected chi connectivity index (χ3v) is 8.39. The second-order valence-corrected chi connectivity index (χ2v) is 11.6. The Bertz CT molecular complexity index is 1840. The average Bonchev–Trinajstić information content (AvgIpc) is 3.46. The number of nitrogens with two attached hydrogens (primary N) is 1. The summed E-state index contributed by atoms with van der Waals surface area (Å²) in [5, 5.41) is 11.3. The Kier molecular flexibility index (Phi) is 9.12. The molecule has 2 amide bonds. The fourth-order valence-electron chi connectivity index (χ4n) is 6.14. The van der Waals surface area contributed by atoms with Crippen LogP contribution in [0.15, 0.2) is 48.8 Å². The van der Waals surface area contributed by atoms with E-state index < -0.39 is 17.6 Å². The van der Waals surface area contributed by atoms with Gasteiger partial charge in [0.05, 0.1) is 48.4 Å². The number of nitrogens with zero attached hydrogens (tertiary/aromatic N) is 4. The van der Waals surface area contributed by atoms with E-state index in [1.165, 1.54) is 13.2 Å². The zero-order valence-electron chi connectivity index (χ0n) is 25.6. The molecule has 1 saturated carbocycles. The first-order valence-electron chi connectivity index (χ1n) is 15.4. The SMILES string of the molecule is COc1cc(-c2nn3c4c(cnc(N)c24)/C=C/CCOCCC(=O)N[C@@H]2CCC[C@@H]3C2)ccc1C(=O)Nc1cc(C(F)(F)F)ccn1. The van der Waals surface area contributed by atoms with Crippen LogP contribution < -0.4 is 21.1 Å². The minimum Gasteiger partial charge on any atom is -0.496 e. The van der Waals surface area contributed by atoms with E-state index in [1.807, 2.05) is 16.8 Å². The van der Waals surface area contributed by atoms with Crippen LogP contribution in [0.4, 0.5) is 24.8 Å². The highest BCUT2D eigenvalue weighted by atomic mass is 19.4. The number of carbonyl (C=O) groups excluding carboxylic acids is 2. The summed E-state index contributed by atoms with van der Waals surface area (Å²) in [4.78, 5) is 34.1. The average molecular weight is 650 g/mol. The van der Waals surface area contributed by atoms with Crippen molar-refractivity contribution in [2.75, 3.05) is 31.4 Å². The number of rotatable bonds is 4. The monoisotopic (exact) mass is 649 g/mol. The van der Waals surface area contributed by atoms with Crippen LogP contribution in [-0.2, 0) is 15.7 Å². The molecule has 0 saturated heterocycles. The Balaban J connectivity index is 1.40. The summed E-state index contributed by atoms with van der Waals surface area (Å²) < 4.78 is 52.8. The van der Waals surface area contributed by atoms with E-state index >= 15 is 0 Å². The highest BCUT2D eigenvalue weighted by molar-refractivity contribution is 6.07. The van der Waals surface area contributed by atoms with Gasteiger partial charge in [0.2, 0.25) is 5.91 Å². The van der Waals surface area contributed by atoms with E-state index in [1.54, 1.807) is 18.3 Å². The molecule has 1 fully saturated rings. The van der Waals surface area contributed by atoms with Gasteiger partial charge in [0.25, 0.3) is 5.91 Å². The van der Waals surface area contributed by atoms with Crippen molar-refractivity contribution in [1.29, 1.82) is 0 Å². The molecule has 4 aromatic rings. The minimum absolute atomic E-state index is 0.0172. The first-order chi connectivity index (χ1) is 22.6. The fraction of sp³-hybridized carbons (Fsp3) is 0.364. The van der Waals surface area contributed by atoms with Gasteiger partial charge < -0.3 is 25.8 Å². The van der Waals surface area contributed by atoms with Crippen LogP contribution in [0.1, 0.15) is 66.1 Å². The van der Waals surface area contributed by atoms with Crippen LogP contribution >= 0.6 is 0 Å². The van der Waals surface area contributed by atoms with Crippen LogP contribution in [0.5, 0.6) is 5.75 Å². The standard InChI is InChI=1S/C33H34F3N7O4/c1-46-25-15-19(8-9-24(25)32(45)41-26-16-21(10-12-38-26)33(34,35)36)29-28-30-20(18-39-31(28)37)5-2-3-13-47-14-11-27(44)40-22-6-4-7-23(17-22)43(30)42-29/h2,5,8-10,12,15-16,18,22-23H,3-4,6-7,11,13-14,17H2,1H3,(H2,37,39)(H,40,44)(H,38,41,45)/b5-2+/t22-,23-/m1/s1. The predicted molar refractivity (Wildman–Crippen MR) is 170 cm³/mol. The van der Waals surface area contributed by atoms with Crippen molar-refractivity contribution in [2.24, 2.45) is 0 Å². The zero-order valence-corrected chi connectivity index (χ0v) is 25.6. The number of hydrogen-bond acceptors (Lipinski definition) is 8. The summed E-state index contributed by atoms with van der Waals surface area (Å²) in [5.74, 6) is -0.540. The number of anilines is 2. The molecule has 6 rings (SSSR count). The number of benzene rings is 1. The largest absolute Gasteiger partial charge is 0.496 e. The summed E-state index contributed by atoms with van der Waals surface area (Å²) in [7, 11) is 1.39. The summed E-state index contributed by atoms with van der Waals surface area (Å²) in [6.45, 7) is 0.829. The van der Waals surface area contributed by atoms with E-state index in [4.69, 9.17) is 20.3 Å². The number of fused-ring (bicyclic) bond motifs is 3. The number of pyridine rings is 2. The first kappa shape index (κ1) is 32.0. The lowest BCUT2D eigenvalue weighted by molar-refractivity contribution is -0.137. The first-order valence-corrected chi connectivity index (χ1v) is 15.4. The van der Waals surface area contributed by atoms with Crippen LogP contribution in [0.2, 0.25) is 0 Å². The van der Waals surface area contributed by atoms with Crippen molar-refractivity contribution >= 4 is 40.4 Å². The van der Waals surface area contributed by atoms with Crippen LogP contribution in [0, 0.1) is 0 Å². The summed E-state index contributed by atoms with van der Waals surface area (Å²) in [5.41, 5.74) is 8.41. The van der Waals surface area contributed by atoms with Crippen LogP contribution in [-0.4, -0.2) is 57.9 Å². The summed E-state index contributed by atoms with van der Waals surface area (Å²) in [6.07, 6.45) is 6.29. The maximum Gasteiger partial charge on any atom is 0.416 e. The molecule has 0 spiro atoms. The van der Waals surface area contributed by atoms with Crippen LogP contribution in [0.3, 0.4) is 0 Å². The molecule has 2 aliphatic rings. The Labute approximate surface area is 268 Å². The zero-order chi connectivity index (χ0) is 33.1. The molecule has 4 N–H and O–H groups in total. The minimum atomic E-state index is -4.59. The van der Waals surface area contributed by atoms with Crippen molar-refractivity contribution in [3.63, 3.8) is 0 Å². The maximum atomic E-state index is 13.2. The summed E-state index contributed by atoms with van der Waals surface area (Å²) in [6, 6.07) is 6.36. The van der Waals surface area contributed by atoms with E-state index in [9.17, 15) is 22.8 Å². The van der Waals surface area contributed by atoms with E-state index in [-0.39, 0.29) is 40.9 Å². The van der Waals surface area contributed by atoms with Gasteiger partial charge in [0, 0.05) is 36.0 Å². The lowest BCUT2D eigenvalue weighted by Gasteiger charge is -2.30. The van der Waals surface area contributed by atoms with E-state index in [0.717, 1.165) is 48.7 Å². The molecule has 3 aromatic heterocycles. The molecule has 1 aromatic carbocycles. The topological polar surface area (TPSA) is 146 Å². The highest BCUT2D eigenvalue weighted by Gasteiger charge is 2.32. The number of ether oxygens (including phenoxy) is 2. The molecule has 1 aliphatic carbocycles. The van der Waals surface area contributed by atoms with Gasteiger partial charge >= 0.3 is 6.18 Å². The predicted octanol–water partition coefficient (Wildman–Crippen LogP) is 5.78. The number of nitrogen functional groups attached to an aromatic ring is 1. The molecule has 0 radical (unpaired) electrons. The van der Waals surface area contributed by atoms with E-state index in [0.29, 0.717) is 49.1 Å². The van der Waals surface area contributed by atoms with Gasteiger partial charge in [-0.15, -0.1) is 0 Å². The number of hydrogen-bond donors (Lipinski definition) is 3. The smallest absolute Gasteiger partial charge is 0.416 e. The Morgan fingerprint density at radius 1 is 1.17 bits per heavy atom. The molecule has 2 atom stereocenters. The van der Waals surface area contributed by atoms with Gasteiger partial charge in [0.1, 0.15) is 23.1 Å². The Morgan fingerprint density at radius 2 is 2.02 bits per heavy atom. The number of methoxy groups -OCH3 is 1. The number of carbonyl (C=O) groups is 2. The molecule has 0 unspecified atom stereocenters. The van der Waals surface area contributed by atoms with Crippen molar-refractivity contribution < 1.29 is 32.2 Å². The van der Waals surface area contributed by atoms with Gasteiger partial charge in [-0.25, -0.2) is 9.97 Å². The Morgan fingerprint density at radius 3 is 2.83 bits per heavy atom. The van der Waals surface area contributed by atoms with Crippen molar-refractivity contribution in [3.8, 4) is 17.0 Å². The lowest BCUT2D eigenvalue weighted by atomic mass is 9.90. The van der Waals surface area contributed by atoms with Crippen molar-refractivity contribution in [3.05, 3.63) is 65.5 Å². The Hall–Kier alpha value is -4.98. The molecule has 246 valence electrons. The fourth-order valence-corrected chi connectivity index (χ4v) is 6.14. The van der Waals surface area contributed by atoms with Gasteiger partial charge in [-0.3, -0.25) is 14.3 Å². The number of amides is 2. The summed E-state index contributed by atoms with van der Waals surface area (Å²) >= 11 is 0. The third kappa shape index (κ3) is 6.92. The molecule has 47 heavy (non-hydrogen) atoms. The normalized spacial score (nSPS) is 19.7. The molecular weight excluding hydrogens is 615 g/mol. The van der Waals surface area contributed by atoms with Gasteiger partial charge in [-0.1, -0.05) is 18.2 Å². The molecule has 11 nitrogen and oxygen atoms in total. The molecule has 14 heteroatoms. The third-order valence-electron chi connectivity index (χ3n) is 8.39. The number of nitrogens with one attached hydrogen (secondary N) is 2. The van der Waals surface area contributed by atoms with Crippen LogP contribution in [0.25, 0.3) is 28.2 Å². The van der Waals surface area contributed by atoms with Gasteiger partial charge in [0.15, 0.2) is 0 Å². The van der Waals surface area contributed by atoms with Crippen molar-refractivity contribution in [2.45, 2.75) is 56.8 Å². The molecular formula is C33H34F3N7O4. The maximum absolute atomic E-state index is 13.2. The second kappa shape index (κ2) is 13.4. The molecule has 4 heterocycles. The molecule has 1 aliphatic heterocycles. The van der Waals surface area contributed by atoms with E-state index in [2.05, 4.69) is 20.6 Å². The second-order valence-electron chi connectivity index (χ2n) is 11.6.